The molecule has 0 saturated carbocycles. The van der Waals surface area contributed by atoms with Crippen LogP contribution in [0.15, 0.2) is 91.4 Å². The van der Waals surface area contributed by atoms with Gasteiger partial charge in [0.15, 0.2) is 0 Å². The van der Waals surface area contributed by atoms with Crippen molar-refractivity contribution in [3.05, 3.63) is 108 Å². The molecule has 3 aromatic carbocycles. The summed E-state index contributed by atoms with van der Waals surface area (Å²) < 4.78 is 39.2. The van der Waals surface area contributed by atoms with Crippen LogP contribution >= 0.6 is 0 Å². The number of aryl methyl sites for hydroxylation is 1. The molecule has 0 aliphatic carbocycles. The van der Waals surface area contributed by atoms with Crippen LogP contribution in [0.1, 0.15) is 29.2 Å². The molecule has 1 aromatic heterocycles. The molecule has 0 bridgehead atoms. The van der Waals surface area contributed by atoms with E-state index in [2.05, 4.69) is 39.9 Å². The molecule has 0 aliphatic rings. The SMILES string of the molecule is COc1cc(NC(=O)NCCC(c2ccccc2)c2ccccc2)ccc1-n1cnc(C)c1.O=C(O)C(F)(F)F. The summed E-state index contributed by atoms with van der Waals surface area (Å²) in [5.41, 5.74) is 4.91. The minimum atomic E-state index is -5.08. The first kappa shape index (κ1) is 29.8. The van der Waals surface area contributed by atoms with Gasteiger partial charge in [-0.15, -0.1) is 0 Å². The number of amides is 2. The van der Waals surface area contributed by atoms with Crippen LogP contribution in [0, 0.1) is 6.92 Å². The van der Waals surface area contributed by atoms with Crippen molar-refractivity contribution in [1.29, 1.82) is 0 Å². The Bertz CT molecular complexity index is 1350. The number of nitrogens with one attached hydrogen (secondary N) is 2. The summed E-state index contributed by atoms with van der Waals surface area (Å²) in [6.07, 6.45) is -0.625. The number of carboxylic acid groups (broad SMARTS) is 1. The second kappa shape index (κ2) is 13.8. The topological polar surface area (TPSA) is 105 Å². The van der Waals surface area contributed by atoms with Gasteiger partial charge in [-0.2, -0.15) is 13.2 Å². The van der Waals surface area contributed by atoms with Gasteiger partial charge in [0.05, 0.1) is 24.8 Å². The largest absolute Gasteiger partial charge is 0.494 e. The summed E-state index contributed by atoms with van der Waals surface area (Å²) >= 11 is 0. The van der Waals surface area contributed by atoms with E-state index >= 15 is 0 Å². The highest BCUT2D eigenvalue weighted by Gasteiger charge is 2.38. The summed E-state index contributed by atoms with van der Waals surface area (Å²) in [4.78, 5) is 25.7. The zero-order valence-electron chi connectivity index (χ0n) is 21.9. The fourth-order valence-electron chi connectivity index (χ4n) is 3.92. The Labute approximate surface area is 229 Å². The first-order valence-corrected chi connectivity index (χ1v) is 12.2. The molecule has 4 rings (SSSR count). The molecular weight excluding hydrogens is 525 g/mol. The smallest absolute Gasteiger partial charge is 0.490 e. The average Bonchev–Trinajstić information content (AvgIpc) is 3.37. The van der Waals surface area contributed by atoms with Crippen LogP contribution in [-0.2, 0) is 4.79 Å². The number of carbonyl (C=O) groups is 2. The zero-order valence-corrected chi connectivity index (χ0v) is 21.9. The number of aromatic nitrogens is 2. The molecule has 1 heterocycles. The molecule has 0 radical (unpaired) electrons. The molecule has 0 atom stereocenters. The van der Waals surface area contributed by atoms with Gasteiger partial charge in [-0.3, -0.25) is 0 Å². The van der Waals surface area contributed by atoms with Crippen molar-refractivity contribution in [3.63, 3.8) is 0 Å². The Kier molecular flexibility index (Phi) is 10.3. The summed E-state index contributed by atoms with van der Waals surface area (Å²) in [5, 5.41) is 13.0. The van der Waals surface area contributed by atoms with Gasteiger partial charge >= 0.3 is 18.2 Å². The van der Waals surface area contributed by atoms with E-state index < -0.39 is 12.1 Å². The summed E-state index contributed by atoms with van der Waals surface area (Å²) in [6.45, 7) is 2.48. The number of benzene rings is 3. The number of alkyl halides is 3. The number of hydrogen-bond acceptors (Lipinski definition) is 4. The number of nitrogens with zero attached hydrogens (tertiary/aromatic N) is 2. The number of halogens is 3. The normalized spacial score (nSPS) is 10.8. The van der Waals surface area contributed by atoms with E-state index in [4.69, 9.17) is 14.6 Å². The maximum absolute atomic E-state index is 12.5. The van der Waals surface area contributed by atoms with Crippen molar-refractivity contribution >= 4 is 17.7 Å². The summed E-state index contributed by atoms with van der Waals surface area (Å²) in [7, 11) is 1.61. The number of methoxy groups -OCH3 is 1. The van der Waals surface area contributed by atoms with E-state index in [0.717, 1.165) is 17.8 Å². The van der Waals surface area contributed by atoms with Crippen LogP contribution in [0.2, 0.25) is 0 Å². The third kappa shape index (κ3) is 8.62. The number of rotatable bonds is 8. The maximum atomic E-state index is 12.5. The molecule has 0 saturated heterocycles. The van der Waals surface area contributed by atoms with Gasteiger partial charge in [0.2, 0.25) is 0 Å². The molecule has 2 amide bonds. The monoisotopic (exact) mass is 554 g/mol. The fraction of sp³-hybridized carbons (Fsp3) is 0.207. The molecule has 0 fully saturated rings. The summed E-state index contributed by atoms with van der Waals surface area (Å²) in [6, 6.07) is 26.1. The van der Waals surface area contributed by atoms with Crippen LogP contribution in [0.3, 0.4) is 0 Å². The molecule has 11 heteroatoms. The van der Waals surface area contributed by atoms with E-state index in [9.17, 15) is 18.0 Å². The number of imidazole rings is 1. The number of ether oxygens (including phenoxy) is 1. The Balaban J connectivity index is 0.000000559. The van der Waals surface area contributed by atoms with Crippen molar-refractivity contribution in [3.8, 4) is 11.4 Å². The summed E-state index contributed by atoms with van der Waals surface area (Å²) in [5.74, 6) is -1.89. The van der Waals surface area contributed by atoms with Crippen LogP contribution in [0.25, 0.3) is 5.69 Å². The van der Waals surface area contributed by atoms with Gasteiger partial charge < -0.3 is 25.0 Å². The van der Waals surface area contributed by atoms with E-state index in [0.29, 0.717) is 18.0 Å². The van der Waals surface area contributed by atoms with E-state index in [-0.39, 0.29) is 11.9 Å². The third-order valence-electron chi connectivity index (χ3n) is 5.79. The van der Waals surface area contributed by atoms with Crippen LogP contribution < -0.4 is 15.4 Å². The average molecular weight is 555 g/mol. The Morgan fingerprint density at radius 2 is 1.57 bits per heavy atom. The van der Waals surface area contributed by atoms with Crippen molar-refractivity contribution in [2.24, 2.45) is 0 Å². The van der Waals surface area contributed by atoms with Crippen LogP contribution in [0.5, 0.6) is 5.75 Å². The van der Waals surface area contributed by atoms with Gasteiger partial charge in [0.25, 0.3) is 0 Å². The zero-order chi connectivity index (χ0) is 29.1. The number of anilines is 1. The second-order valence-electron chi connectivity index (χ2n) is 8.66. The first-order valence-electron chi connectivity index (χ1n) is 12.2. The minimum absolute atomic E-state index is 0.214. The number of hydrogen-bond donors (Lipinski definition) is 3. The lowest BCUT2D eigenvalue weighted by Gasteiger charge is -2.18. The molecule has 0 spiro atoms. The van der Waals surface area contributed by atoms with E-state index in [1.165, 1.54) is 11.1 Å². The molecule has 8 nitrogen and oxygen atoms in total. The van der Waals surface area contributed by atoms with Crippen LogP contribution in [-0.4, -0.2) is 46.5 Å². The van der Waals surface area contributed by atoms with Gasteiger partial charge in [-0.25, -0.2) is 14.6 Å². The second-order valence-corrected chi connectivity index (χ2v) is 8.66. The Morgan fingerprint density at radius 1 is 1.00 bits per heavy atom. The molecule has 3 N–H and O–H groups in total. The highest BCUT2D eigenvalue weighted by atomic mass is 19.4. The van der Waals surface area contributed by atoms with Crippen LogP contribution in [0.4, 0.5) is 23.7 Å². The first-order chi connectivity index (χ1) is 19.1. The van der Waals surface area contributed by atoms with Gasteiger partial charge in [0, 0.05) is 30.4 Å². The van der Waals surface area contributed by atoms with E-state index in [1.54, 1.807) is 19.5 Å². The highest BCUT2D eigenvalue weighted by molar-refractivity contribution is 5.89. The number of aliphatic carboxylic acids is 1. The lowest BCUT2D eigenvalue weighted by atomic mass is 9.88. The van der Waals surface area contributed by atoms with Crippen molar-refractivity contribution in [2.45, 2.75) is 25.4 Å². The van der Waals surface area contributed by atoms with Crippen molar-refractivity contribution < 1.29 is 32.6 Å². The lowest BCUT2D eigenvalue weighted by molar-refractivity contribution is -0.192. The van der Waals surface area contributed by atoms with Crippen molar-refractivity contribution in [2.75, 3.05) is 19.0 Å². The number of urea groups is 1. The minimum Gasteiger partial charge on any atom is -0.494 e. The molecule has 40 heavy (non-hydrogen) atoms. The molecule has 4 aromatic rings. The highest BCUT2D eigenvalue weighted by Crippen LogP contribution is 2.28. The third-order valence-corrected chi connectivity index (χ3v) is 5.79. The molecule has 210 valence electrons. The molecular formula is C29H29F3N4O4. The standard InChI is InChI=1S/C27H28N4O2.C2HF3O2/c1-20-18-31(19-29-20)25-14-13-23(17-26(25)33-2)30-27(32)28-16-15-24(21-9-5-3-6-10-21)22-11-7-4-8-12-22;3-2(4,5)1(6)7/h3-14,17-19,24H,15-16H2,1-2H3,(H2,28,30,32);(H,6,7). The van der Waals surface area contributed by atoms with Crippen molar-refractivity contribution in [1.82, 2.24) is 14.9 Å². The molecule has 0 unspecified atom stereocenters. The Hall–Kier alpha value is -4.80. The van der Waals surface area contributed by atoms with Gasteiger partial charge in [-0.05, 0) is 36.6 Å². The van der Waals surface area contributed by atoms with Gasteiger partial charge in [0.1, 0.15) is 5.75 Å². The van der Waals surface area contributed by atoms with E-state index in [1.807, 2.05) is 66.2 Å². The number of carboxylic acids is 1. The number of carbonyl (C=O) groups excluding carboxylic acids is 1. The fourth-order valence-corrected chi connectivity index (χ4v) is 3.92. The van der Waals surface area contributed by atoms with Gasteiger partial charge in [-0.1, -0.05) is 60.7 Å². The lowest BCUT2D eigenvalue weighted by Crippen LogP contribution is -2.30. The quantitative estimate of drug-likeness (QED) is 0.242. The predicted molar refractivity (Wildman–Crippen MR) is 145 cm³/mol. The Morgan fingerprint density at radius 3 is 2.05 bits per heavy atom. The maximum Gasteiger partial charge on any atom is 0.490 e. The molecule has 0 aliphatic heterocycles. The predicted octanol–water partition coefficient (Wildman–Crippen LogP) is 6.17.